The second-order valence-corrected chi connectivity index (χ2v) is 6.28. The van der Waals surface area contributed by atoms with Gasteiger partial charge < -0.3 is 15.5 Å². The normalized spacial score (nSPS) is 26.6. The predicted molar refractivity (Wildman–Crippen MR) is 78.5 cm³/mol. The van der Waals surface area contributed by atoms with Gasteiger partial charge in [-0.3, -0.25) is 4.79 Å². The van der Waals surface area contributed by atoms with Crippen molar-refractivity contribution in [3.05, 3.63) is 34.3 Å². The fourth-order valence-electron chi connectivity index (χ4n) is 2.64. The number of rotatable bonds is 3. The van der Waals surface area contributed by atoms with Crippen LogP contribution >= 0.6 is 15.9 Å². The van der Waals surface area contributed by atoms with Crippen molar-refractivity contribution in [2.24, 2.45) is 0 Å². The SMILES string of the molecule is O=C(c1ccc(Br)cc1)N1CC(NC2CNCC2F)C1. The lowest BCUT2D eigenvalue weighted by Crippen LogP contribution is -2.62. The number of hydrogen-bond acceptors (Lipinski definition) is 3. The highest BCUT2D eigenvalue weighted by Crippen LogP contribution is 2.17. The Labute approximate surface area is 125 Å². The van der Waals surface area contributed by atoms with E-state index in [4.69, 9.17) is 0 Å². The molecule has 108 valence electrons. The fourth-order valence-corrected chi connectivity index (χ4v) is 2.90. The van der Waals surface area contributed by atoms with Gasteiger partial charge in [-0.1, -0.05) is 15.9 Å². The molecule has 2 heterocycles. The number of likely N-dealkylation sites (tertiary alicyclic amines) is 1. The molecule has 20 heavy (non-hydrogen) atoms. The molecule has 0 bridgehead atoms. The third-order valence-electron chi connectivity index (χ3n) is 3.85. The summed E-state index contributed by atoms with van der Waals surface area (Å²) in [5, 5.41) is 6.29. The molecule has 1 amide bonds. The van der Waals surface area contributed by atoms with Crippen molar-refractivity contribution in [1.29, 1.82) is 0 Å². The number of alkyl halides is 1. The number of hydrogen-bond donors (Lipinski definition) is 2. The second kappa shape index (κ2) is 5.79. The highest BCUT2D eigenvalue weighted by Gasteiger charge is 2.35. The molecule has 2 fully saturated rings. The summed E-state index contributed by atoms with van der Waals surface area (Å²) in [7, 11) is 0. The average molecular weight is 342 g/mol. The molecule has 2 atom stereocenters. The Balaban J connectivity index is 1.50. The van der Waals surface area contributed by atoms with Crippen molar-refractivity contribution in [2.45, 2.75) is 18.3 Å². The van der Waals surface area contributed by atoms with Crippen molar-refractivity contribution >= 4 is 21.8 Å². The van der Waals surface area contributed by atoms with Crippen LogP contribution in [0.2, 0.25) is 0 Å². The third kappa shape index (κ3) is 2.87. The maximum absolute atomic E-state index is 13.5. The lowest BCUT2D eigenvalue weighted by atomic mass is 10.0. The second-order valence-electron chi connectivity index (χ2n) is 5.36. The molecular formula is C14H17BrFN3O. The third-order valence-corrected chi connectivity index (χ3v) is 4.38. The van der Waals surface area contributed by atoms with Crippen LogP contribution in [0.15, 0.2) is 28.7 Å². The van der Waals surface area contributed by atoms with Crippen molar-refractivity contribution in [2.75, 3.05) is 26.2 Å². The topological polar surface area (TPSA) is 44.4 Å². The van der Waals surface area contributed by atoms with E-state index in [1.165, 1.54) is 0 Å². The molecule has 2 aliphatic heterocycles. The van der Waals surface area contributed by atoms with Crippen LogP contribution in [-0.4, -0.2) is 55.2 Å². The zero-order valence-electron chi connectivity index (χ0n) is 11.0. The predicted octanol–water partition coefficient (Wildman–Crippen LogP) is 1.17. The maximum Gasteiger partial charge on any atom is 0.253 e. The summed E-state index contributed by atoms with van der Waals surface area (Å²) in [5.41, 5.74) is 0.692. The number of benzene rings is 1. The van der Waals surface area contributed by atoms with Crippen LogP contribution in [0.3, 0.4) is 0 Å². The maximum atomic E-state index is 13.5. The van der Waals surface area contributed by atoms with Gasteiger partial charge in [-0.05, 0) is 24.3 Å². The van der Waals surface area contributed by atoms with Gasteiger partial charge in [0.25, 0.3) is 5.91 Å². The van der Waals surface area contributed by atoms with Gasteiger partial charge in [0.05, 0.1) is 6.04 Å². The van der Waals surface area contributed by atoms with E-state index in [0.717, 1.165) is 4.47 Å². The molecule has 2 saturated heterocycles. The molecular weight excluding hydrogens is 325 g/mol. The van der Waals surface area contributed by atoms with E-state index < -0.39 is 6.17 Å². The van der Waals surface area contributed by atoms with E-state index in [2.05, 4.69) is 26.6 Å². The lowest BCUT2D eigenvalue weighted by Gasteiger charge is -2.41. The summed E-state index contributed by atoms with van der Waals surface area (Å²) in [6, 6.07) is 7.43. The Morgan fingerprint density at radius 1 is 1.30 bits per heavy atom. The molecule has 0 spiro atoms. The summed E-state index contributed by atoms with van der Waals surface area (Å²) >= 11 is 3.35. The van der Waals surface area contributed by atoms with Gasteiger partial charge in [0, 0.05) is 42.3 Å². The van der Waals surface area contributed by atoms with Crippen LogP contribution in [0.25, 0.3) is 0 Å². The molecule has 4 nitrogen and oxygen atoms in total. The van der Waals surface area contributed by atoms with Crippen LogP contribution in [0.1, 0.15) is 10.4 Å². The quantitative estimate of drug-likeness (QED) is 0.867. The highest BCUT2D eigenvalue weighted by atomic mass is 79.9. The first-order valence-electron chi connectivity index (χ1n) is 6.79. The van der Waals surface area contributed by atoms with Gasteiger partial charge in [0.15, 0.2) is 0 Å². The number of carbonyl (C=O) groups excluding carboxylic acids is 1. The van der Waals surface area contributed by atoms with Crippen LogP contribution in [0, 0.1) is 0 Å². The van der Waals surface area contributed by atoms with E-state index in [1.807, 2.05) is 24.3 Å². The summed E-state index contributed by atoms with van der Waals surface area (Å²) in [4.78, 5) is 14.0. The zero-order valence-corrected chi connectivity index (χ0v) is 12.6. The van der Waals surface area contributed by atoms with Crippen LogP contribution in [0.5, 0.6) is 0 Å². The first-order chi connectivity index (χ1) is 9.63. The van der Waals surface area contributed by atoms with Crippen molar-refractivity contribution < 1.29 is 9.18 Å². The van der Waals surface area contributed by atoms with Crippen molar-refractivity contribution in [3.8, 4) is 0 Å². The number of nitrogens with zero attached hydrogens (tertiary/aromatic N) is 1. The minimum Gasteiger partial charge on any atom is -0.335 e. The van der Waals surface area contributed by atoms with E-state index in [9.17, 15) is 9.18 Å². The Hall–Kier alpha value is -0.980. The summed E-state index contributed by atoms with van der Waals surface area (Å²) in [5.74, 6) is 0.0388. The minimum absolute atomic E-state index is 0.0388. The van der Waals surface area contributed by atoms with E-state index in [1.54, 1.807) is 4.90 Å². The van der Waals surface area contributed by atoms with E-state index in [-0.39, 0.29) is 18.0 Å². The first-order valence-corrected chi connectivity index (χ1v) is 7.58. The van der Waals surface area contributed by atoms with Gasteiger partial charge in [-0.15, -0.1) is 0 Å². The van der Waals surface area contributed by atoms with Crippen LogP contribution in [-0.2, 0) is 0 Å². The minimum atomic E-state index is -0.828. The molecule has 0 radical (unpaired) electrons. The van der Waals surface area contributed by atoms with Gasteiger partial charge >= 0.3 is 0 Å². The Bertz CT molecular complexity index is 490. The molecule has 1 aromatic rings. The molecule has 0 aliphatic carbocycles. The molecule has 3 rings (SSSR count). The highest BCUT2D eigenvalue weighted by molar-refractivity contribution is 9.10. The summed E-state index contributed by atoms with van der Waals surface area (Å²) in [6.45, 7) is 2.39. The molecule has 1 aromatic carbocycles. The monoisotopic (exact) mass is 341 g/mol. The van der Waals surface area contributed by atoms with Crippen molar-refractivity contribution in [3.63, 3.8) is 0 Å². The number of halogens is 2. The van der Waals surface area contributed by atoms with Gasteiger partial charge in [-0.2, -0.15) is 0 Å². The number of amides is 1. The van der Waals surface area contributed by atoms with Gasteiger partial charge in [0.1, 0.15) is 6.17 Å². The molecule has 2 unspecified atom stereocenters. The Kier molecular flexibility index (Phi) is 4.05. The molecule has 2 aliphatic rings. The van der Waals surface area contributed by atoms with E-state index in [0.29, 0.717) is 31.7 Å². The summed E-state index contributed by atoms with van der Waals surface area (Å²) in [6.07, 6.45) is -0.828. The standard InChI is InChI=1S/C14H17BrFN3O/c15-10-3-1-9(2-4-10)14(20)19-7-11(8-19)18-13-6-17-5-12(13)16/h1-4,11-13,17-18H,5-8H2. The number of nitrogens with one attached hydrogen (secondary N) is 2. The molecule has 6 heteroatoms. The molecule has 0 saturated carbocycles. The fraction of sp³-hybridized carbons (Fsp3) is 0.500. The Morgan fingerprint density at radius 2 is 2.00 bits per heavy atom. The molecule has 0 aromatic heterocycles. The largest absolute Gasteiger partial charge is 0.335 e. The Morgan fingerprint density at radius 3 is 2.60 bits per heavy atom. The summed E-state index contributed by atoms with van der Waals surface area (Å²) < 4.78 is 14.4. The van der Waals surface area contributed by atoms with Crippen LogP contribution < -0.4 is 10.6 Å². The lowest BCUT2D eigenvalue weighted by molar-refractivity contribution is 0.0543. The van der Waals surface area contributed by atoms with Crippen molar-refractivity contribution in [1.82, 2.24) is 15.5 Å². The zero-order chi connectivity index (χ0) is 14.1. The van der Waals surface area contributed by atoms with Crippen LogP contribution in [0.4, 0.5) is 4.39 Å². The number of carbonyl (C=O) groups is 1. The average Bonchev–Trinajstić information content (AvgIpc) is 2.79. The van der Waals surface area contributed by atoms with Gasteiger partial charge in [-0.25, -0.2) is 4.39 Å². The molecule has 2 N–H and O–H groups in total. The first kappa shape index (κ1) is 14.0. The van der Waals surface area contributed by atoms with Gasteiger partial charge in [0.2, 0.25) is 0 Å². The van der Waals surface area contributed by atoms with E-state index >= 15 is 0 Å². The smallest absolute Gasteiger partial charge is 0.253 e.